The third kappa shape index (κ3) is 3.67. The molecule has 0 saturated carbocycles. The Bertz CT molecular complexity index is 1270. The summed E-state index contributed by atoms with van der Waals surface area (Å²) in [6.45, 7) is 1.08. The lowest BCUT2D eigenvalue weighted by atomic mass is 9.93. The normalized spacial score (nSPS) is 15.4. The van der Waals surface area contributed by atoms with Gasteiger partial charge in [-0.05, 0) is 60.0 Å². The highest BCUT2D eigenvalue weighted by Crippen LogP contribution is 2.36. The van der Waals surface area contributed by atoms with Crippen molar-refractivity contribution < 1.29 is 18.6 Å². The molecule has 2 N–H and O–H groups in total. The minimum atomic E-state index is -0.380. The standard InChI is InChI=1S/C26H25FN2O3/c1-30-18-8-9-22-20(14-18)19-11-12-28-25(26(19)29-22)16-7-10-23(31-2)17(13-16)15-32-24-6-4-3-5-21(24)27/h3-10,13-14,25,28-29H,11-12,15H2,1-2H3/t25-/m1/s1. The zero-order valence-corrected chi connectivity index (χ0v) is 18.1. The summed E-state index contributed by atoms with van der Waals surface area (Å²) in [5, 5.41) is 4.82. The molecule has 1 aliphatic heterocycles. The van der Waals surface area contributed by atoms with Gasteiger partial charge in [-0.2, -0.15) is 0 Å². The number of H-pyrrole nitrogens is 1. The molecule has 164 valence electrons. The molecule has 32 heavy (non-hydrogen) atoms. The topological polar surface area (TPSA) is 55.5 Å². The number of methoxy groups -OCH3 is 2. The van der Waals surface area contributed by atoms with Gasteiger partial charge in [0.05, 0.1) is 20.3 Å². The van der Waals surface area contributed by atoms with Crippen molar-refractivity contribution in [3.63, 3.8) is 0 Å². The van der Waals surface area contributed by atoms with E-state index in [1.165, 1.54) is 17.0 Å². The molecule has 0 spiro atoms. The molecular formula is C26H25FN2O3. The first-order chi connectivity index (χ1) is 15.7. The van der Waals surface area contributed by atoms with Crippen LogP contribution in [0.15, 0.2) is 60.7 Å². The van der Waals surface area contributed by atoms with E-state index in [-0.39, 0.29) is 24.2 Å². The molecule has 0 fully saturated rings. The van der Waals surface area contributed by atoms with Crippen LogP contribution in [0.25, 0.3) is 10.9 Å². The molecule has 0 unspecified atom stereocenters. The minimum Gasteiger partial charge on any atom is -0.497 e. The molecular weight excluding hydrogens is 407 g/mol. The highest BCUT2D eigenvalue weighted by Gasteiger charge is 2.26. The summed E-state index contributed by atoms with van der Waals surface area (Å²) < 4.78 is 30.7. The number of hydrogen-bond acceptors (Lipinski definition) is 4. The van der Waals surface area contributed by atoms with Crippen molar-refractivity contribution in [1.82, 2.24) is 10.3 Å². The average molecular weight is 432 g/mol. The lowest BCUT2D eigenvalue weighted by molar-refractivity contribution is 0.282. The summed E-state index contributed by atoms with van der Waals surface area (Å²) in [4.78, 5) is 3.60. The van der Waals surface area contributed by atoms with E-state index in [4.69, 9.17) is 14.2 Å². The lowest BCUT2D eigenvalue weighted by Crippen LogP contribution is -2.30. The van der Waals surface area contributed by atoms with Gasteiger partial charge in [-0.15, -0.1) is 0 Å². The van der Waals surface area contributed by atoms with Crippen LogP contribution in [0.2, 0.25) is 0 Å². The SMILES string of the molecule is COc1ccc2[nH]c3c(c2c1)CCN[C@@H]3c1ccc(OC)c(COc2ccccc2F)c1. The first-order valence-electron chi connectivity index (χ1n) is 10.6. The Hall–Kier alpha value is -3.51. The third-order valence-corrected chi connectivity index (χ3v) is 6.02. The third-order valence-electron chi connectivity index (χ3n) is 6.02. The number of nitrogens with one attached hydrogen (secondary N) is 2. The molecule has 0 saturated heterocycles. The van der Waals surface area contributed by atoms with Gasteiger partial charge in [-0.3, -0.25) is 0 Å². The fraction of sp³-hybridized carbons (Fsp3) is 0.231. The van der Waals surface area contributed by atoms with Crippen LogP contribution in [0.1, 0.15) is 28.4 Å². The molecule has 2 heterocycles. The number of aromatic amines is 1. The van der Waals surface area contributed by atoms with Crippen LogP contribution < -0.4 is 19.5 Å². The number of ether oxygens (including phenoxy) is 3. The Morgan fingerprint density at radius 3 is 2.66 bits per heavy atom. The molecule has 1 aromatic heterocycles. The zero-order chi connectivity index (χ0) is 22.1. The summed E-state index contributed by atoms with van der Waals surface area (Å²) in [7, 11) is 3.32. The number of aromatic nitrogens is 1. The summed E-state index contributed by atoms with van der Waals surface area (Å²) >= 11 is 0. The van der Waals surface area contributed by atoms with E-state index < -0.39 is 0 Å². The Morgan fingerprint density at radius 2 is 1.84 bits per heavy atom. The van der Waals surface area contributed by atoms with Crippen molar-refractivity contribution in [3.8, 4) is 17.2 Å². The van der Waals surface area contributed by atoms with Gasteiger partial charge in [0.2, 0.25) is 0 Å². The molecule has 0 amide bonds. The summed E-state index contributed by atoms with van der Waals surface area (Å²) in [6, 6.07) is 18.6. The average Bonchev–Trinajstić information content (AvgIpc) is 3.21. The van der Waals surface area contributed by atoms with Crippen molar-refractivity contribution in [2.24, 2.45) is 0 Å². The van der Waals surface area contributed by atoms with Crippen molar-refractivity contribution in [2.75, 3.05) is 20.8 Å². The highest BCUT2D eigenvalue weighted by molar-refractivity contribution is 5.86. The lowest BCUT2D eigenvalue weighted by Gasteiger charge is -2.25. The first-order valence-corrected chi connectivity index (χ1v) is 10.6. The number of benzene rings is 3. The van der Waals surface area contributed by atoms with Gasteiger partial charge >= 0.3 is 0 Å². The monoisotopic (exact) mass is 432 g/mol. The van der Waals surface area contributed by atoms with Gasteiger partial charge in [0.15, 0.2) is 11.6 Å². The second-order valence-corrected chi connectivity index (χ2v) is 7.86. The van der Waals surface area contributed by atoms with E-state index in [0.717, 1.165) is 41.1 Å². The Labute approximate surface area is 186 Å². The van der Waals surface area contributed by atoms with Gasteiger partial charge in [-0.25, -0.2) is 4.39 Å². The Morgan fingerprint density at radius 1 is 0.969 bits per heavy atom. The van der Waals surface area contributed by atoms with E-state index in [1.54, 1.807) is 32.4 Å². The van der Waals surface area contributed by atoms with Crippen LogP contribution in [0.3, 0.4) is 0 Å². The number of rotatable bonds is 6. The number of halogens is 1. The van der Waals surface area contributed by atoms with Crippen molar-refractivity contribution in [3.05, 3.63) is 88.9 Å². The quantitative estimate of drug-likeness (QED) is 0.443. The number of para-hydroxylation sites is 1. The number of hydrogen-bond donors (Lipinski definition) is 2. The molecule has 0 bridgehead atoms. The van der Waals surface area contributed by atoms with Crippen molar-refractivity contribution in [1.29, 1.82) is 0 Å². The smallest absolute Gasteiger partial charge is 0.165 e. The van der Waals surface area contributed by atoms with Crippen molar-refractivity contribution in [2.45, 2.75) is 19.1 Å². The van der Waals surface area contributed by atoms with E-state index >= 15 is 0 Å². The highest BCUT2D eigenvalue weighted by atomic mass is 19.1. The molecule has 4 aromatic rings. The maximum absolute atomic E-state index is 14.0. The van der Waals surface area contributed by atoms with Gasteiger partial charge < -0.3 is 24.5 Å². The maximum Gasteiger partial charge on any atom is 0.165 e. The van der Waals surface area contributed by atoms with E-state index in [0.29, 0.717) is 5.75 Å². The molecule has 5 nitrogen and oxygen atoms in total. The van der Waals surface area contributed by atoms with Gasteiger partial charge in [-0.1, -0.05) is 18.2 Å². The van der Waals surface area contributed by atoms with Gasteiger partial charge in [0.1, 0.15) is 18.1 Å². The zero-order valence-electron chi connectivity index (χ0n) is 18.1. The predicted octanol–water partition coefficient (Wildman–Crippen LogP) is 5.14. The molecule has 3 aromatic carbocycles. The second kappa shape index (κ2) is 8.55. The summed E-state index contributed by atoms with van der Waals surface area (Å²) in [5.41, 5.74) is 5.52. The first kappa shape index (κ1) is 20.4. The molecule has 6 heteroatoms. The predicted molar refractivity (Wildman–Crippen MR) is 122 cm³/mol. The van der Waals surface area contributed by atoms with Crippen LogP contribution in [0, 0.1) is 5.82 Å². The van der Waals surface area contributed by atoms with Crippen LogP contribution in [-0.4, -0.2) is 25.7 Å². The molecule has 0 radical (unpaired) electrons. The van der Waals surface area contributed by atoms with Crippen LogP contribution >= 0.6 is 0 Å². The largest absolute Gasteiger partial charge is 0.497 e. The maximum atomic E-state index is 14.0. The second-order valence-electron chi connectivity index (χ2n) is 7.86. The van der Waals surface area contributed by atoms with Crippen LogP contribution in [-0.2, 0) is 13.0 Å². The minimum absolute atomic E-state index is 0.00950. The van der Waals surface area contributed by atoms with Crippen LogP contribution in [0.4, 0.5) is 4.39 Å². The van der Waals surface area contributed by atoms with Gasteiger partial charge in [0, 0.05) is 28.7 Å². The van der Waals surface area contributed by atoms with Crippen LogP contribution in [0.5, 0.6) is 17.2 Å². The molecule has 1 aliphatic rings. The summed E-state index contributed by atoms with van der Waals surface area (Å²) in [5.74, 6) is 1.41. The Kier molecular flexibility index (Phi) is 5.45. The summed E-state index contributed by atoms with van der Waals surface area (Å²) in [6.07, 6.45) is 0.943. The van der Waals surface area contributed by atoms with E-state index in [2.05, 4.69) is 34.6 Å². The fourth-order valence-corrected chi connectivity index (χ4v) is 4.43. The number of fused-ring (bicyclic) bond motifs is 3. The molecule has 5 rings (SSSR count). The molecule has 0 aliphatic carbocycles. The van der Waals surface area contributed by atoms with E-state index in [9.17, 15) is 4.39 Å². The molecule has 1 atom stereocenters. The fourth-order valence-electron chi connectivity index (χ4n) is 4.43. The Balaban J connectivity index is 1.49. The van der Waals surface area contributed by atoms with Crippen molar-refractivity contribution >= 4 is 10.9 Å². The van der Waals surface area contributed by atoms with Gasteiger partial charge in [0.25, 0.3) is 0 Å². The van der Waals surface area contributed by atoms with E-state index in [1.807, 2.05) is 12.1 Å².